The minimum atomic E-state index is -2.42. The van der Waals surface area contributed by atoms with Crippen LogP contribution < -0.4 is 8.32 Å². The van der Waals surface area contributed by atoms with Gasteiger partial charge in [0.05, 0.1) is 0 Å². The molecule has 0 saturated carbocycles. The van der Waals surface area contributed by atoms with Gasteiger partial charge in [-0.1, -0.05) is 46.5 Å². The van der Waals surface area contributed by atoms with E-state index in [1.165, 1.54) is 120 Å². The number of hydrogen-bond donors (Lipinski definition) is 0. The Hall–Kier alpha value is -0.181. The number of unbranched alkanes of at least 4 members (excludes halogenated alkanes) is 3. The summed E-state index contributed by atoms with van der Waals surface area (Å²) in [6.45, 7) is 21.6. The third kappa shape index (κ3) is 12.8. The first-order valence-corrected chi connectivity index (χ1v) is 25.9. The first-order chi connectivity index (χ1) is 19.6. The van der Waals surface area contributed by atoms with Crippen LogP contribution in [0.5, 0.6) is 5.75 Å². The second-order valence-corrected chi connectivity index (χ2v) is 28.5. The van der Waals surface area contributed by atoms with E-state index in [2.05, 4.69) is 74.4 Å². The van der Waals surface area contributed by atoms with Crippen molar-refractivity contribution in [2.24, 2.45) is 17.8 Å². The Bertz CT molecular complexity index is 822. The van der Waals surface area contributed by atoms with E-state index in [9.17, 15) is 0 Å². The predicted molar refractivity (Wildman–Crippen MR) is 188 cm³/mol. The number of fused-ring (bicyclic) bond motifs is 1. The van der Waals surface area contributed by atoms with E-state index in [0.717, 1.165) is 17.8 Å². The molecule has 0 saturated heterocycles. The Morgan fingerprint density at radius 3 is 1.76 bits per heavy atom. The normalized spacial score (nSPS) is 18.8. The van der Waals surface area contributed by atoms with Gasteiger partial charge in [0, 0.05) is 0 Å². The van der Waals surface area contributed by atoms with Crippen LogP contribution >= 0.6 is 0 Å². The molecular weight excluding hydrogens is 603 g/mol. The Labute approximate surface area is 262 Å². The van der Waals surface area contributed by atoms with Crippen molar-refractivity contribution < 1.29 is 4.74 Å². The molecule has 2 rings (SSSR count). The first kappa shape index (κ1) is 37.0. The van der Waals surface area contributed by atoms with Crippen LogP contribution in [-0.4, -0.2) is 24.0 Å². The van der Waals surface area contributed by atoms with E-state index >= 15 is 0 Å². The van der Waals surface area contributed by atoms with Gasteiger partial charge in [-0.3, -0.25) is 0 Å². The molecule has 1 aliphatic heterocycles. The maximum atomic E-state index is 6.93. The van der Waals surface area contributed by atoms with Crippen LogP contribution in [0.3, 0.4) is 0 Å². The maximum absolute atomic E-state index is 6.93. The number of rotatable bonds is 22. The second kappa shape index (κ2) is 19.3. The average molecular weight is 676 g/mol. The molecule has 0 spiro atoms. The van der Waals surface area contributed by atoms with Crippen LogP contribution in [0.25, 0.3) is 0 Å². The molecule has 0 aliphatic carbocycles. The summed E-state index contributed by atoms with van der Waals surface area (Å²) in [5.41, 5.74) is 2.99. The summed E-state index contributed by atoms with van der Waals surface area (Å²) in [4.78, 5) is 0. The van der Waals surface area contributed by atoms with Crippen LogP contribution in [0, 0.1) is 24.7 Å². The monoisotopic (exact) mass is 676 g/mol. The SMILES string of the molecule is CCC[CH2][Sn]([CH2]CCC)([CH2]CCC)[c]1cc(C)c2c(c1)CC[C@@](C)(CCC[C@H](C)CCC[C@H](C)CCCC(C)C)O2. The molecule has 0 unspecified atom stereocenters. The molecule has 2 heteroatoms. The standard InChI is InChI=1S/C27H45O.3C4H9.Sn/c1-21(2)11-7-12-22(3)13-8-14-23(4)15-10-19-27(6)20-18-25-17-9-16-24(5)26(25)28-27;3*1-3-4-2;/h16-17,21-23H,7-8,10-15,18-20H2,1-6H3;3*1,3-4H2,2H3;/t22-,23-,27-;;;;/m1..../s1. The third-order valence-corrected chi connectivity index (χ3v) is 26.1. The summed E-state index contributed by atoms with van der Waals surface area (Å²) >= 11 is -2.42. The Morgan fingerprint density at radius 1 is 0.732 bits per heavy atom. The van der Waals surface area contributed by atoms with Gasteiger partial charge in [0.2, 0.25) is 0 Å². The molecule has 0 N–H and O–H groups in total. The molecule has 1 aromatic carbocycles. The van der Waals surface area contributed by atoms with Gasteiger partial charge in [-0.25, -0.2) is 0 Å². The zero-order valence-corrected chi connectivity index (χ0v) is 32.3. The van der Waals surface area contributed by atoms with Crippen molar-refractivity contribution in [2.75, 3.05) is 0 Å². The molecule has 0 fully saturated rings. The number of benzene rings is 1. The minimum absolute atomic E-state index is 0.0108. The molecule has 1 nitrogen and oxygen atoms in total. The summed E-state index contributed by atoms with van der Waals surface area (Å²) in [6, 6.07) is 5.32. The van der Waals surface area contributed by atoms with Crippen LogP contribution in [0.2, 0.25) is 13.3 Å². The first-order valence-electron chi connectivity index (χ1n) is 18.4. The van der Waals surface area contributed by atoms with Gasteiger partial charge in [0.1, 0.15) is 0 Å². The summed E-state index contributed by atoms with van der Waals surface area (Å²) in [5, 5.41) is 0. The van der Waals surface area contributed by atoms with Crippen LogP contribution in [0.1, 0.15) is 169 Å². The predicted octanol–water partition coefficient (Wildman–Crippen LogP) is 12.6. The molecule has 0 amide bonds. The summed E-state index contributed by atoms with van der Waals surface area (Å²) in [5.74, 6) is 3.86. The van der Waals surface area contributed by atoms with E-state index in [1.807, 2.05) is 3.58 Å². The molecule has 0 radical (unpaired) electrons. The molecule has 238 valence electrons. The third-order valence-electron chi connectivity index (χ3n) is 10.5. The zero-order chi connectivity index (χ0) is 30.3. The molecule has 3 atom stereocenters. The quantitative estimate of drug-likeness (QED) is 0.111. The van der Waals surface area contributed by atoms with Crippen LogP contribution in [0.4, 0.5) is 0 Å². The van der Waals surface area contributed by atoms with Crippen molar-refractivity contribution in [3.8, 4) is 5.75 Å². The number of ether oxygens (including phenoxy) is 1. The molecular formula is C39H72OSn. The zero-order valence-electron chi connectivity index (χ0n) is 29.4. The summed E-state index contributed by atoms with van der Waals surface area (Å²) in [6.07, 6.45) is 23.1. The van der Waals surface area contributed by atoms with Crippen molar-refractivity contribution in [1.29, 1.82) is 0 Å². The van der Waals surface area contributed by atoms with Crippen LogP contribution in [-0.2, 0) is 6.42 Å². The van der Waals surface area contributed by atoms with Crippen molar-refractivity contribution in [3.05, 3.63) is 23.3 Å². The Morgan fingerprint density at radius 2 is 1.24 bits per heavy atom. The molecule has 1 heterocycles. The van der Waals surface area contributed by atoms with E-state index in [1.54, 1.807) is 18.9 Å². The van der Waals surface area contributed by atoms with Gasteiger partial charge in [0.25, 0.3) is 0 Å². The molecule has 1 aliphatic rings. The molecule has 1 aromatic rings. The van der Waals surface area contributed by atoms with E-state index < -0.39 is 18.4 Å². The van der Waals surface area contributed by atoms with Gasteiger partial charge < -0.3 is 0 Å². The van der Waals surface area contributed by atoms with Gasteiger partial charge in [-0.2, -0.15) is 0 Å². The molecule has 0 bridgehead atoms. The Kier molecular flexibility index (Phi) is 17.4. The fourth-order valence-corrected chi connectivity index (χ4v) is 23.8. The van der Waals surface area contributed by atoms with Gasteiger partial charge in [-0.05, 0) is 11.8 Å². The van der Waals surface area contributed by atoms with Gasteiger partial charge >= 0.3 is 206 Å². The fraction of sp³-hybridized carbons (Fsp3) is 0.846. The molecule has 0 aromatic heterocycles. The topological polar surface area (TPSA) is 9.23 Å². The number of aryl methyl sites for hydroxylation is 2. The average Bonchev–Trinajstić information content (AvgIpc) is 2.93. The van der Waals surface area contributed by atoms with Crippen molar-refractivity contribution in [3.63, 3.8) is 0 Å². The number of hydrogen-bond acceptors (Lipinski definition) is 1. The van der Waals surface area contributed by atoms with E-state index in [0.29, 0.717) is 0 Å². The summed E-state index contributed by atoms with van der Waals surface area (Å²) in [7, 11) is 0. The van der Waals surface area contributed by atoms with E-state index in [-0.39, 0.29) is 5.60 Å². The van der Waals surface area contributed by atoms with Crippen molar-refractivity contribution in [1.82, 2.24) is 0 Å². The van der Waals surface area contributed by atoms with Crippen LogP contribution in [0.15, 0.2) is 12.1 Å². The van der Waals surface area contributed by atoms with E-state index in [4.69, 9.17) is 4.74 Å². The Balaban J connectivity index is 1.95. The van der Waals surface area contributed by atoms with Gasteiger partial charge in [-0.15, -0.1) is 0 Å². The fourth-order valence-electron chi connectivity index (χ4n) is 7.51. The van der Waals surface area contributed by atoms with Crippen molar-refractivity contribution >= 4 is 22.0 Å². The molecule has 41 heavy (non-hydrogen) atoms. The van der Waals surface area contributed by atoms with Crippen molar-refractivity contribution in [2.45, 2.75) is 190 Å². The van der Waals surface area contributed by atoms with Gasteiger partial charge in [0.15, 0.2) is 0 Å². The second-order valence-electron chi connectivity index (χ2n) is 15.3. The summed E-state index contributed by atoms with van der Waals surface area (Å²) < 4.78 is 13.4.